The van der Waals surface area contributed by atoms with Crippen LogP contribution in [0.4, 0.5) is 10.1 Å². The highest BCUT2D eigenvalue weighted by atomic mass is 35.5. The number of hydrogen-bond donors (Lipinski definition) is 1. The van der Waals surface area contributed by atoms with Crippen LogP contribution in [-0.4, -0.2) is 38.8 Å². The molecule has 29 heavy (non-hydrogen) atoms. The highest BCUT2D eigenvalue weighted by Gasteiger charge is 2.35. The number of anilines is 1. The number of methoxy groups -OCH3 is 1. The van der Waals surface area contributed by atoms with Crippen LogP contribution < -0.4 is 10.1 Å². The first-order valence-corrected chi connectivity index (χ1v) is 11.0. The van der Waals surface area contributed by atoms with Gasteiger partial charge >= 0.3 is 0 Å². The zero-order valence-corrected chi connectivity index (χ0v) is 17.8. The lowest BCUT2D eigenvalue weighted by molar-refractivity contribution is -0.120. The van der Waals surface area contributed by atoms with Crippen LogP contribution in [0.25, 0.3) is 0 Å². The molecule has 1 fully saturated rings. The van der Waals surface area contributed by atoms with Crippen molar-refractivity contribution in [3.8, 4) is 5.75 Å². The van der Waals surface area contributed by atoms with Crippen molar-refractivity contribution in [1.82, 2.24) is 4.31 Å². The maximum Gasteiger partial charge on any atom is 0.246 e. The van der Waals surface area contributed by atoms with Gasteiger partial charge in [-0.25, -0.2) is 12.8 Å². The first-order valence-electron chi connectivity index (χ1n) is 8.82. The Kier molecular flexibility index (Phi) is 6.68. The van der Waals surface area contributed by atoms with E-state index in [-0.39, 0.29) is 34.7 Å². The average Bonchev–Trinajstić information content (AvgIpc) is 2.70. The molecule has 3 rings (SSSR count). The van der Waals surface area contributed by atoms with Gasteiger partial charge in [0.25, 0.3) is 0 Å². The Bertz CT molecular complexity index is 1030. The topological polar surface area (TPSA) is 75.7 Å². The van der Waals surface area contributed by atoms with E-state index in [1.807, 2.05) is 0 Å². The van der Waals surface area contributed by atoms with Gasteiger partial charge < -0.3 is 10.1 Å². The van der Waals surface area contributed by atoms with Crippen LogP contribution in [0.2, 0.25) is 10.0 Å². The lowest BCUT2D eigenvalue weighted by atomic mass is 9.99. The number of nitrogens with zero attached hydrogens (tertiary/aromatic N) is 1. The highest BCUT2D eigenvalue weighted by molar-refractivity contribution is 7.89. The molecule has 1 saturated heterocycles. The van der Waals surface area contributed by atoms with Crippen LogP contribution in [0.5, 0.6) is 5.75 Å². The van der Waals surface area contributed by atoms with Gasteiger partial charge in [-0.2, -0.15) is 4.31 Å². The lowest BCUT2D eigenvalue weighted by Crippen LogP contribution is -2.43. The molecule has 6 nitrogen and oxygen atoms in total. The first kappa shape index (κ1) is 21.8. The Hall–Kier alpha value is -1.87. The van der Waals surface area contributed by atoms with Crippen LogP contribution in [0.15, 0.2) is 41.3 Å². The maximum absolute atomic E-state index is 13.7. The number of benzene rings is 2. The predicted molar refractivity (Wildman–Crippen MR) is 110 cm³/mol. The quantitative estimate of drug-likeness (QED) is 0.725. The van der Waals surface area contributed by atoms with Crippen molar-refractivity contribution < 1.29 is 22.3 Å². The van der Waals surface area contributed by atoms with E-state index in [0.717, 1.165) is 12.1 Å². The number of carbonyl (C=O) groups excluding carboxylic acids is 1. The molecule has 1 N–H and O–H groups in total. The standard InChI is InChI=1S/C19H19Cl2FN2O4S/c1-28-17-7-5-14(22)10-18(17)29(26,27)24-8-2-3-12(11-24)19(25)23-16-6-4-13(20)9-15(16)21/h4-7,9-10,12H,2-3,8,11H2,1H3,(H,23,25)/t12-/m0/s1. The average molecular weight is 461 g/mol. The zero-order valence-electron chi connectivity index (χ0n) is 15.5. The Morgan fingerprint density at radius 3 is 2.69 bits per heavy atom. The van der Waals surface area contributed by atoms with Crippen LogP contribution in [0.3, 0.4) is 0 Å². The van der Waals surface area contributed by atoms with Gasteiger partial charge in [-0.15, -0.1) is 0 Å². The molecule has 1 aliphatic heterocycles. The summed E-state index contributed by atoms with van der Waals surface area (Å²) in [6.07, 6.45) is 1.01. The summed E-state index contributed by atoms with van der Waals surface area (Å²) in [4.78, 5) is 12.4. The second kappa shape index (κ2) is 8.87. The SMILES string of the molecule is COc1ccc(F)cc1S(=O)(=O)N1CCC[C@H](C(=O)Nc2ccc(Cl)cc2Cl)C1. The number of halogens is 3. The van der Waals surface area contributed by atoms with Crippen molar-refractivity contribution in [3.05, 3.63) is 52.3 Å². The third kappa shape index (κ3) is 4.83. The van der Waals surface area contributed by atoms with Gasteiger partial charge in [-0.3, -0.25) is 4.79 Å². The first-order chi connectivity index (χ1) is 13.7. The summed E-state index contributed by atoms with van der Waals surface area (Å²) in [6, 6.07) is 7.99. The second-order valence-electron chi connectivity index (χ2n) is 6.61. The summed E-state index contributed by atoms with van der Waals surface area (Å²) < 4.78 is 46.0. The van der Waals surface area contributed by atoms with E-state index < -0.39 is 21.8 Å². The smallest absolute Gasteiger partial charge is 0.246 e. The summed E-state index contributed by atoms with van der Waals surface area (Å²) in [6.45, 7) is 0.201. The van der Waals surface area contributed by atoms with Crippen molar-refractivity contribution in [1.29, 1.82) is 0 Å². The fourth-order valence-electron chi connectivity index (χ4n) is 3.19. The third-order valence-electron chi connectivity index (χ3n) is 4.69. The summed E-state index contributed by atoms with van der Waals surface area (Å²) in [5.74, 6) is -1.57. The van der Waals surface area contributed by atoms with Gasteiger partial charge in [-0.1, -0.05) is 23.2 Å². The minimum Gasteiger partial charge on any atom is -0.495 e. The lowest BCUT2D eigenvalue weighted by Gasteiger charge is -2.31. The molecule has 0 aliphatic carbocycles. The molecule has 2 aromatic carbocycles. The molecular formula is C19H19Cl2FN2O4S. The Morgan fingerprint density at radius 2 is 2.00 bits per heavy atom. The second-order valence-corrected chi connectivity index (χ2v) is 9.36. The maximum atomic E-state index is 13.7. The molecule has 1 amide bonds. The van der Waals surface area contributed by atoms with Gasteiger partial charge in [0, 0.05) is 18.1 Å². The van der Waals surface area contributed by atoms with E-state index >= 15 is 0 Å². The Morgan fingerprint density at radius 1 is 1.24 bits per heavy atom. The van der Waals surface area contributed by atoms with Gasteiger partial charge in [0.1, 0.15) is 16.5 Å². The minimum absolute atomic E-state index is 0.0287. The number of rotatable bonds is 5. The van der Waals surface area contributed by atoms with Crippen molar-refractivity contribution in [2.45, 2.75) is 17.7 Å². The van der Waals surface area contributed by atoms with Crippen LogP contribution in [0.1, 0.15) is 12.8 Å². The largest absolute Gasteiger partial charge is 0.495 e. The molecule has 156 valence electrons. The van der Waals surface area contributed by atoms with Crippen molar-refractivity contribution in [3.63, 3.8) is 0 Å². The zero-order chi connectivity index (χ0) is 21.2. The van der Waals surface area contributed by atoms with Crippen molar-refractivity contribution >= 4 is 44.8 Å². The van der Waals surface area contributed by atoms with Crippen LogP contribution in [-0.2, 0) is 14.8 Å². The van der Waals surface area contributed by atoms with Crippen LogP contribution in [0, 0.1) is 11.7 Å². The van der Waals surface area contributed by atoms with Gasteiger partial charge in [-0.05, 0) is 49.2 Å². The molecule has 2 aromatic rings. The fourth-order valence-corrected chi connectivity index (χ4v) is 5.34. The minimum atomic E-state index is -4.04. The summed E-state index contributed by atoms with van der Waals surface area (Å²) in [5, 5.41) is 3.44. The molecule has 1 atom stereocenters. The number of hydrogen-bond acceptors (Lipinski definition) is 4. The number of amides is 1. The molecule has 1 heterocycles. The van der Waals surface area contributed by atoms with E-state index in [2.05, 4.69) is 5.32 Å². The molecule has 0 bridgehead atoms. The van der Waals surface area contributed by atoms with E-state index in [1.165, 1.54) is 23.5 Å². The normalized spacial score (nSPS) is 17.7. The number of piperidine rings is 1. The summed E-state index contributed by atoms with van der Waals surface area (Å²) in [7, 11) is -2.72. The molecule has 10 heteroatoms. The Balaban J connectivity index is 1.79. The summed E-state index contributed by atoms with van der Waals surface area (Å²) in [5.41, 5.74) is 0.396. The van der Waals surface area contributed by atoms with Crippen LogP contribution >= 0.6 is 23.2 Å². The number of ether oxygens (including phenoxy) is 1. The number of nitrogens with one attached hydrogen (secondary N) is 1. The van der Waals surface area contributed by atoms with Gasteiger partial charge in [0.05, 0.1) is 23.7 Å². The van der Waals surface area contributed by atoms with Crippen molar-refractivity contribution in [2.24, 2.45) is 5.92 Å². The molecule has 0 aromatic heterocycles. The van der Waals surface area contributed by atoms with E-state index in [9.17, 15) is 17.6 Å². The van der Waals surface area contributed by atoms with Crippen molar-refractivity contribution in [2.75, 3.05) is 25.5 Å². The van der Waals surface area contributed by atoms with E-state index in [1.54, 1.807) is 12.1 Å². The third-order valence-corrected chi connectivity index (χ3v) is 7.12. The summed E-state index contributed by atoms with van der Waals surface area (Å²) >= 11 is 11.9. The fraction of sp³-hybridized carbons (Fsp3) is 0.316. The molecule has 0 saturated carbocycles. The van der Waals surface area contributed by atoms with Gasteiger partial charge in [0.15, 0.2) is 0 Å². The molecule has 0 spiro atoms. The number of sulfonamides is 1. The highest BCUT2D eigenvalue weighted by Crippen LogP contribution is 2.31. The van der Waals surface area contributed by atoms with Gasteiger partial charge in [0.2, 0.25) is 15.9 Å². The predicted octanol–water partition coefficient (Wildman–Crippen LogP) is 4.18. The molecule has 0 radical (unpaired) electrons. The van der Waals surface area contributed by atoms with E-state index in [4.69, 9.17) is 27.9 Å². The van der Waals surface area contributed by atoms with E-state index in [0.29, 0.717) is 23.6 Å². The molecule has 1 aliphatic rings. The number of carbonyl (C=O) groups is 1. The molecule has 0 unspecified atom stereocenters. The molecular weight excluding hydrogens is 442 g/mol. The monoisotopic (exact) mass is 460 g/mol. The Labute approximate surface area is 178 Å².